The van der Waals surface area contributed by atoms with Crippen LogP contribution in [0.25, 0.3) is 28.7 Å². The van der Waals surface area contributed by atoms with Gasteiger partial charge in [-0.15, -0.1) is 5.10 Å². The predicted octanol–water partition coefficient (Wildman–Crippen LogP) is 2.25. The van der Waals surface area contributed by atoms with E-state index in [1.165, 1.54) is 24.1 Å². The Kier molecular flexibility index (Phi) is 4.30. The van der Waals surface area contributed by atoms with Crippen LogP contribution < -0.4 is 5.73 Å². The first-order valence-corrected chi connectivity index (χ1v) is 7.91. The average molecular weight is 367 g/mol. The molecular formula is C17H14FN7O2. The summed E-state index contributed by atoms with van der Waals surface area (Å²) < 4.78 is 26.1. The van der Waals surface area contributed by atoms with Crippen LogP contribution in [0.3, 0.4) is 0 Å². The normalized spacial score (nSPS) is 11.0. The van der Waals surface area contributed by atoms with E-state index in [1.54, 1.807) is 30.3 Å². The number of nitrogen functional groups attached to an aromatic ring is 1. The first kappa shape index (κ1) is 16.8. The Hall–Kier alpha value is -3.66. The molecule has 0 saturated carbocycles. The van der Waals surface area contributed by atoms with Gasteiger partial charge in [0.2, 0.25) is 5.82 Å². The fraction of sp³-hybridized carbons (Fsp3) is 0.118. The highest BCUT2D eigenvalue weighted by Gasteiger charge is 2.22. The smallest absolute Gasteiger partial charge is 0.280 e. The van der Waals surface area contributed by atoms with Gasteiger partial charge >= 0.3 is 0 Å². The number of rotatable bonds is 5. The standard InChI is InChI=1S/C17H14FN7O2/c1-26-9-13-15(22-24-25(13)12-5-3-2-4-11(12)18)17-21-16(23-27-17)10-6-7-14(19)20-8-10/h2-8H,9H2,1H3,(H2,19,20). The lowest BCUT2D eigenvalue weighted by Gasteiger charge is -2.06. The molecule has 0 bridgehead atoms. The van der Waals surface area contributed by atoms with Crippen LogP contribution in [-0.4, -0.2) is 37.2 Å². The number of nitrogens with two attached hydrogens (primary N) is 1. The van der Waals surface area contributed by atoms with Crippen LogP contribution in [0.1, 0.15) is 5.69 Å². The molecule has 0 radical (unpaired) electrons. The van der Waals surface area contributed by atoms with Crippen LogP contribution in [0.15, 0.2) is 47.1 Å². The largest absolute Gasteiger partial charge is 0.384 e. The van der Waals surface area contributed by atoms with Crippen molar-refractivity contribution in [2.75, 3.05) is 12.8 Å². The number of hydrogen-bond acceptors (Lipinski definition) is 8. The second-order valence-corrected chi connectivity index (χ2v) is 5.58. The van der Waals surface area contributed by atoms with E-state index in [0.29, 0.717) is 28.6 Å². The van der Waals surface area contributed by atoms with Crippen LogP contribution in [0.5, 0.6) is 0 Å². The van der Waals surface area contributed by atoms with Crippen molar-refractivity contribution in [3.8, 4) is 28.7 Å². The molecule has 3 aromatic heterocycles. The molecule has 136 valence electrons. The minimum absolute atomic E-state index is 0.123. The third-order valence-corrected chi connectivity index (χ3v) is 3.80. The van der Waals surface area contributed by atoms with Crippen LogP contribution in [0, 0.1) is 5.82 Å². The van der Waals surface area contributed by atoms with E-state index in [4.69, 9.17) is 15.0 Å². The summed E-state index contributed by atoms with van der Waals surface area (Å²) in [5, 5.41) is 12.0. The monoisotopic (exact) mass is 367 g/mol. The van der Waals surface area contributed by atoms with Crippen LogP contribution in [-0.2, 0) is 11.3 Å². The number of pyridine rings is 1. The van der Waals surface area contributed by atoms with Gasteiger partial charge in [0.1, 0.15) is 23.0 Å². The third-order valence-electron chi connectivity index (χ3n) is 3.80. The van der Waals surface area contributed by atoms with Crippen LogP contribution >= 0.6 is 0 Å². The van der Waals surface area contributed by atoms with E-state index in [-0.39, 0.29) is 18.2 Å². The fourth-order valence-corrected chi connectivity index (χ4v) is 2.53. The van der Waals surface area contributed by atoms with Gasteiger partial charge in [0.15, 0.2) is 5.69 Å². The maximum Gasteiger partial charge on any atom is 0.280 e. The lowest BCUT2D eigenvalue weighted by atomic mass is 10.2. The fourth-order valence-electron chi connectivity index (χ4n) is 2.53. The van der Waals surface area contributed by atoms with Crippen molar-refractivity contribution in [2.24, 2.45) is 0 Å². The van der Waals surface area contributed by atoms with Gasteiger partial charge in [-0.2, -0.15) is 4.98 Å². The highest BCUT2D eigenvalue weighted by atomic mass is 19.1. The summed E-state index contributed by atoms with van der Waals surface area (Å²) in [4.78, 5) is 8.33. The number of benzene rings is 1. The number of anilines is 1. The molecule has 27 heavy (non-hydrogen) atoms. The molecule has 0 amide bonds. The van der Waals surface area contributed by atoms with Crippen molar-refractivity contribution in [3.05, 3.63) is 54.1 Å². The molecule has 3 heterocycles. The maximum atomic E-state index is 14.2. The van der Waals surface area contributed by atoms with E-state index >= 15 is 0 Å². The second-order valence-electron chi connectivity index (χ2n) is 5.58. The molecule has 4 rings (SSSR count). The molecule has 0 unspecified atom stereocenters. The van der Waals surface area contributed by atoms with Gasteiger partial charge in [0.05, 0.1) is 6.61 Å². The quantitative estimate of drug-likeness (QED) is 0.571. The first-order valence-electron chi connectivity index (χ1n) is 7.91. The summed E-state index contributed by atoms with van der Waals surface area (Å²) in [6, 6.07) is 9.59. The zero-order valence-electron chi connectivity index (χ0n) is 14.2. The molecule has 0 saturated heterocycles. The molecule has 0 spiro atoms. The summed E-state index contributed by atoms with van der Waals surface area (Å²) in [5.41, 5.74) is 7.25. The number of halogens is 1. The van der Waals surface area contributed by atoms with Gasteiger partial charge in [0, 0.05) is 18.9 Å². The minimum Gasteiger partial charge on any atom is -0.384 e. The second kappa shape index (κ2) is 6.92. The molecule has 0 atom stereocenters. The van der Waals surface area contributed by atoms with Crippen molar-refractivity contribution in [2.45, 2.75) is 6.61 Å². The van der Waals surface area contributed by atoms with Gasteiger partial charge in [0.25, 0.3) is 5.89 Å². The minimum atomic E-state index is -0.439. The van der Waals surface area contributed by atoms with Gasteiger partial charge in [-0.1, -0.05) is 22.5 Å². The molecule has 10 heteroatoms. The Labute approximate surface area is 152 Å². The first-order chi connectivity index (χ1) is 13.2. The summed E-state index contributed by atoms with van der Waals surface area (Å²) >= 11 is 0. The van der Waals surface area contributed by atoms with E-state index in [2.05, 4.69) is 25.4 Å². The molecule has 9 nitrogen and oxygen atoms in total. The Balaban J connectivity index is 1.76. The van der Waals surface area contributed by atoms with Crippen molar-refractivity contribution < 1.29 is 13.7 Å². The van der Waals surface area contributed by atoms with Gasteiger partial charge < -0.3 is 15.0 Å². The van der Waals surface area contributed by atoms with Gasteiger partial charge in [-0.25, -0.2) is 14.1 Å². The van der Waals surface area contributed by atoms with Crippen molar-refractivity contribution in [3.63, 3.8) is 0 Å². The number of aromatic nitrogens is 6. The lowest BCUT2D eigenvalue weighted by Crippen LogP contribution is -2.06. The highest BCUT2D eigenvalue weighted by molar-refractivity contribution is 5.59. The summed E-state index contributed by atoms with van der Waals surface area (Å²) in [6.07, 6.45) is 1.54. The average Bonchev–Trinajstić information content (AvgIpc) is 3.30. The Morgan fingerprint density at radius 2 is 2.07 bits per heavy atom. The molecule has 0 aliphatic rings. The summed E-state index contributed by atoms with van der Waals surface area (Å²) in [7, 11) is 1.52. The molecule has 0 aliphatic carbocycles. The Morgan fingerprint density at radius 3 is 2.81 bits per heavy atom. The van der Waals surface area contributed by atoms with Crippen LogP contribution in [0.4, 0.5) is 10.2 Å². The zero-order chi connectivity index (χ0) is 18.8. The van der Waals surface area contributed by atoms with Crippen LogP contribution in [0.2, 0.25) is 0 Å². The third kappa shape index (κ3) is 3.13. The van der Waals surface area contributed by atoms with E-state index in [1.807, 2.05) is 0 Å². The predicted molar refractivity (Wildman–Crippen MR) is 93.0 cm³/mol. The SMILES string of the molecule is COCc1c(-c2nc(-c3ccc(N)nc3)no2)nnn1-c1ccccc1F. The molecule has 0 fully saturated rings. The van der Waals surface area contributed by atoms with E-state index in [0.717, 1.165) is 0 Å². The number of hydrogen-bond donors (Lipinski definition) is 1. The molecular weight excluding hydrogens is 353 g/mol. The maximum absolute atomic E-state index is 14.2. The van der Waals surface area contributed by atoms with Crippen molar-refractivity contribution >= 4 is 5.82 Å². The molecule has 1 aromatic carbocycles. The summed E-state index contributed by atoms with van der Waals surface area (Å²) in [5.74, 6) is 0.404. The van der Waals surface area contributed by atoms with Crippen molar-refractivity contribution in [1.82, 2.24) is 30.1 Å². The van der Waals surface area contributed by atoms with E-state index in [9.17, 15) is 4.39 Å². The number of nitrogens with zero attached hydrogens (tertiary/aromatic N) is 6. The van der Waals surface area contributed by atoms with Gasteiger partial charge in [-0.05, 0) is 24.3 Å². The van der Waals surface area contributed by atoms with Gasteiger partial charge in [-0.3, -0.25) is 0 Å². The Morgan fingerprint density at radius 1 is 1.22 bits per heavy atom. The molecule has 2 N–H and O–H groups in total. The highest BCUT2D eigenvalue weighted by Crippen LogP contribution is 2.26. The lowest BCUT2D eigenvalue weighted by molar-refractivity contribution is 0.179. The number of ether oxygens (including phenoxy) is 1. The van der Waals surface area contributed by atoms with E-state index < -0.39 is 5.82 Å². The number of methoxy groups -OCH3 is 1. The zero-order valence-corrected chi connectivity index (χ0v) is 14.2. The molecule has 0 aliphatic heterocycles. The number of para-hydroxylation sites is 1. The summed E-state index contributed by atoms with van der Waals surface area (Å²) in [6.45, 7) is 0.123. The topological polar surface area (TPSA) is 118 Å². The molecule has 4 aromatic rings. The Bertz CT molecular complexity index is 1080. The van der Waals surface area contributed by atoms with Crippen molar-refractivity contribution in [1.29, 1.82) is 0 Å².